The zero-order chi connectivity index (χ0) is 14.1. The summed E-state index contributed by atoms with van der Waals surface area (Å²) in [5.41, 5.74) is 2.86. The number of aliphatic hydroxyl groups is 1. The molecule has 1 aliphatic heterocycles. The van der Waals surface area contributed by atoms with Crippen molar-refractivity contribution in [3.63, 3.8) is 0 Å². The summed E-state index contributed by atoms with van der Waals surface area (Å²) in [6, 6.07) is 11.5. The van der Waals surface area contributed by atoms with Crippen LogP contribution in [0.15, 0.2) is 36.4 Å². The fourth-order valence-electron chi connectivity index (χ4n) is 2.43. The second-order valence-corrected chi connectivity index (χ2v) is 6.46. The van der Waals surface area contributed by atoms with E-state index < -0.39 is 6.10 Å². The van der Waals surface area contributed by atoms with Crippen molar-refractivity contribution in [3.8, 4) is 5.75 Å². The third-order valence-electron chi connectivity index (χ3n) is 3.51. The van der Waals surface area contributed by atoms with E-state index in [1.54, 1.807) is 0 Å². The molecule has 1 unspecified atom stereocenters. The lowest BCUT2D eigenvalue weighted by atomic mass is 9.97. The highest BCUT2D eigenvalue weighted by Gasteiger charge is 2.16. The number of rotatable bonds is 2. The lowest BCUT2D eigenvalue weighted by molar-refractivity contribution is 0.219. The number of aryl methyl sites for hydroxylation is 1. The highest BCUT2D eigenvalue weighted by molar-refractivity contribution is 14.1. The summed E-state index contributed by atoms with van der Waals surface area (Å²) in [5, 5.41) is 11.2. The van der Waals surface area contributed by atoms with Crippen LogP contribution >= 0.6 is 34.2 Å². The monoisotopic (exact) mass is 400 g/mol. The van der Waals surface area contributed by atoms with Gasteiger partial charge in [0.2, 0.25) is 0 Å². The maximum absolute atomic E-state index is 10.5. The van der Waals surface area contributed by atoms with E-state index in [1.807, 2.05) is 36.4 Å². The number of ether oxygens (including phenoxy) is 1. The van der Waals surface area contributed by atoms with Gasteiger partial charge in [-0.15, -0.1) is 0 Å². The minimum absolute atomic E-state index is 0.656. The molecule has 0 saturated heterocycles. The van der Waals surface area contributed by atoms with Crippen LogP contribution in [-0.4, -0.2) is 11.7 Å². The molecule has 4 heteroatoms. The maximum Gasteiger partial charge on any atom is 0.122 e. The number of aliphatic hydroxyl groups excluding tert-OH is 1. The molecule has 0 aromatic heterocycles. The molecule has 2 aromatic carbocycles. The van der Waals surface area contributed by atoms with Crippen molar-refractivity contribution in [2.45, 2.75) is 18.9 Å². The summed E-state index contributed by atoms with van der Waals surface area (Å²) in [6.45, 7) is 0.779. The topological polar surface area (TPSA) is 29.5 Å². The van der Waals surface area contributed by atoms with Crippen molar-refractivity contribution in [2.24, 2.45) is 0 Å². The quantitative estimate of drug-likeness (QED) is 0.760. The van der Waals surface area contributed by atoms with E-state index in [-0.39, 0.29) is 0 Å². The number of benzene rings is 2. The highest BCUT2D eigenvalue weighted by atomic mass is 127. The van der Waals surface area contributed by atoms with Crippen LogP contribution in [0.3, 0.4) is 0 Å². The van der Waals surface area contributed by atoms with Crippen molar-refractivity contribution in [1.29, 1.82) is 0 Å². The lowest BCUT2D eigenvalue weighted by Gasteiger charge is -2.20. The molecule has 1 atom stereocenters. The zero-order valence-electron chi connectivity index (χ0n) is 10.8. The van der Waals surface area contributed by atoms with Gasteiger partial charge in [0.15, 0.2) is 0 Å². The molecule has 104 valence electrons. The fraction of sp³-hybridized carbons (Fsp3) is 0.250. The first kappa shape index (κ1) is 14.2. The molecule has 2 aromatic rings. The minimum Gasteiger partial charge on any atom is -0.493 e. The fourth-order valence-corrected chi connectivity index (χ4v) is 2.95. The van der Waals surface area contributed by atoms with Crippen molar-refractivity contribution in [3.05, 3.63) is 61.7 Å². The largest absolute Gasteiger partial charge is 0.493 e. The molecule has 0 saturated carbocycles. The average Bonchev–Trinajstić information content (AvgIpc) is 2.49. The molecule has 0 radical (unpaired) electrons. The number of fused-ring (bicyclic) bond motifs is 1. The summed E-state index contributed by atoms with van der Waals surface area (Å²) in [7, 11) is 0. The lowest BCUT2D eigenvalue weighted by Crippen LogP contribution is -2.09. The SMILES string of the molecule is OC(c1ccc(I)c(Cl)c1)c1ccc2c(c1)CCCO2. The van der Waals surface area contributed by atoms with Crippen molar-refractivity contribution >= 4 is 34.2 Å². The Morgan fingerprint density at radius 3 is 2.70 bits per heavy atom. The first-order chi connectivity index (χ1) is 9.65. The Morgan fingerprint density at radius 2 is 1.90 bits per heavy atom. The second-order valence-electron chi connectivity index (χ2n) is 4.90. The van der Waals surface area contributed by atoms with Crippen molar-refractivity contribution in [2.75, 3.05) is 6.61 Å². The van der Waals surface area contributed by atoms with Crippen LogP contribution in [-0.2, 0) is 6.42 Å². The molecule has 0 spiro atoms. The molecule has 1 aliphatic rings. The summed E-state index contributed by atoms with van der Waals surface area (Å²) in [5.74, 6) is 0.938. The van der Waals surface area contributed by atoms with Crippen LogP contribution in [0.2, 0.25) is 5.02 Å². The van der Waals surface area contributed by atoms with Gasteiger partial charge in [-0.25, -0.2) is 0 Å². The van der Waals surface area contributed by atoms with E-state index >= 15 is 0 Å². The van der Waals surface area contributed by atoms with E-state index in [4.69, 9.17) is 16.3 Å². The van der Waals surface area contributed by atoms with E-state index in [1.165, 1.54) is 5.56 Å². The van der Waals surface area contributed by atoms with Crippen molar-refractivity contribution < 1.29 is 9.84 Å². The van der Waals surface area contributed by atoms with Gasteiger partial charge in [0.05, 0.1) is 11.6 Å². The molecular weight excluding hydrogens is 387 g/mol. The van der Waals surface area contributed by atoms with E-state index in [0.29, 0.717) is 5.02 Å². The molecule has 20 heavy (non-hydrogen) atoms. The Labute approximate surface area is 136 Å². The predicted molar refractivity (Wildman–Crippen MR) is 88.5 cm³/mol. The molecule has 2 nitrogen and oxygen atoms in total. The Hall–Kier alpha value is -0.780. The van der Waals surface area contributed by atoms with Crippen LogP contribution in [0.1, 0.15) is 29.2 Å². The minimum atomic E-state index is -0.656. The van der Waals surface area contributed by atoms with Gasteiger partial charge in [0, 0.05) is 3.57 Å². The van der Waals surface area contributed by atoms with Crippen LogP contribution in [0.5, 0.6) is 5.75 Å². The summed E-state index contributed by atoms with van der Waals surface area (Å²) in [6.07, 6.45) is 1.38. The Kier molecular flexibility index (Phi) is 4.19. The highest BCUT2D eigenvalue weighted by Crippen LogP contribution is 2.31. The van der Waals surface area contributed by atoms with E-state index in [2.05, 4.69) is 22.6 Å². The molecule has 1 heterocycles. The number of halogens is 2. The Bertz CT molecular complexity index is 642. The second kappa shape index (κ2) is 5.92. The van der Waals surface area contributed by atoms with E-state index in [9.17, 15) is 5.11 Å². The third-order valence-corrected chi connectivity index (χ3v) is 5.08. The van der Waals surface area contributed by atoms with Crippen LogP contribution in [0, 0.1) is 3.57 Å². The maximum atomic E-state index is 10.5. The van der Waals surface area contributed by atoms with Crippen LogP contribution in [0.4, 0.5) is 0 Å². The third kappa shape index (κ3) is 2.80. The normalized spacial score (nSPS) is 15.3. The average molecular weight is 401 g/mol. The van der Waals surface area contributed by atoms with Gasteiger partial charge in [0.1, 0.15) is 11.9 Å². The summed E-state index contributed by atoms with van der Waals surface area (Å²) >= 11 is 8.30. The van der Waals surface area contributed by atoms with Crippen LogP contribution < -0.4 is 4.74 Å². The summed E-state index contributed by atoms with van der Waals surface area (Å²) < 4.78 is 6.58. The van der Waals surface area contributed by atoms with Gasteiger partial charge in [0.25, 0.3) is 0 Å². The van der Waals surface area contributed by atoms with Gasteiger partial charge in [-0.2, -0.15) is 0 Å². The number of hydrogen-bond donors (Lipinski definition) is 1. The van der Waals surface area contributed by atoms with Gasteiger partial charge in [-0.05, 0) is 76.4 Å². The molecule has 0 fully saturated rings. The molecule has 0 amide bonds. The molecule has 0 aliphatic carbocycles. The van der Waals surface area contributed by atoms with Gasteiger partial charge in [-0.3, -0.25) is 0 Å². The van der Waals surface area contributed by atoms with Crippen LogP contribution in [0.25, 0.3) is 0 Å². The smallest absolute Gasteiger partial charge is 0.122 e. The zero-order valence-corrected chi connectivity index (χ0v) is 13.7. The molecule has 0 bridgehead atoms. The Balaban J connectivity index is 1.93. The van der Waals surface area contributed by atoms with Gasteiger partial charge in [-0.1, -0.05) is 23.7 Å². The van der Waals surface area contributed by atoms with E-state index in [0.717, 1.165) is 39.9 Å². The molecule has 3 rings (SSSR count). The van der Waals surface area contributed by atoms with Gasteiger partial charge >= 0.3 is 0 Å². The standard InChI is InChI=1S/C16H14ClIO2/c17-13-9-12(3-5-14(13)18)16(19)11-4-6-15-10(8-11)2-1-7-20-15/h3-6,8-9,16,19H,1-2,7H2. The molecular formula is C16H14ClIO2. The first-order valence-electron chi connectivity index (χ1n) is 6.54. The van der Waals surface area contributed by atoms with Crippen molar-refractivity contribution in [1.82, 2.24) is 0 Å². The van der Waals surface area contributed by atoms with Gasteiger partial charge < -0.3 is 9.84 Å². The molecule has 1 N–H and O–H groups in total. The predicted octanol–water partition coefficient (Wildman–Crippen LogP) is 4.35. The summed E-state index contributed by atoms with van der Waals surface area (Å²) in [4.78, 5) is 0. The number of hydrogen-bond acceptors (Lipinski definition) is 2. The Morgan fingerprint density at radius 1 is 1.15 bits per heavy atom. The first-order valence-corrected chi connectivity index (χ1v) is 7.99.